The number of H-pyrrole nitrogens is 1. The van der Waals surface area contributed by atoms with Crippen LogP contribution >= 0.6 is 0 Å². The second kappa shape index (κ2) is 8.63. The lowest BCUT2D eigenvalue weighted by molar-refractivity contribution is 0.0866. The van der Waals surface area contributed by atoms with Gasteiger partial charge in [0.1, 0.15) is 5.56 Å². The van der Waals surface area contributed by atoms with Gasteiger partial charge in [-0.1, -0.05) is 12.8 Å². The summed E-state index contributed by atoms with van der Waals surface area (Å²) in [6, 6.07) is 3.54. The van der Waals surface area contributed by atoms with Gasteiger partial charge < -0.3 is 15.4 Å². The lowest BCUT2D eigenvalue weighted by Gasteiger charge is -2.26. The maximum absolute atomic E-state index is 12.4. The second-order valence-corrected chi connectivity index (χ2v) is 7.40. The van der Waals surface area contributed by atoms with Crippen LogP contribution in [-0.2, 0) is 6.54 Å². The first kappa shape index (κ1) is 18.1. The van der Waals surface area contributed by atoms with Crippen LogP contribution in [0.3, 0.4) is 0 Å². The maximum Gasteiger partial charge on any atom is 0.261 e. The molecule has 1 aromatic rings. The van der Waals surface area contributed by atoms with Crippen LogP contribution in [0.4, 0.5) is 0 Å². The normalized spacial score (nSPS) is 25.3. The average Bonchev–Trinajstić information content (AvgIpc) is 2.85. The molecular formula is C19H29N3O3. The third-order valence-electron chi connectivity index (χ3n) is 5.34. The van der Waals surface area contributed by atoms with E-state index in [1.165, 1.54) is 25.7 Å². The summed E-state index contributed by atoms with van der Waals surface area (Å²) in [6.07, 6.45) is 7.66. The van der Waals surface area contributed by atoms with E-state index in [1.807, 2.05) is 6.07 Å². The van der Waals surface area contributed by atoms with Crippen molar-refractivity contribution in [2.24, 2.45) is 0 Å². The first-order valence-electron chi connectivity index (χ1n) is 9.55. The summed E-state index contributed by atoms with van der Waals surface area (Å²) < 4.78 is 0. The molecule has 0 bridgehead atoms. The first-order chi connectivity index (χ1) is 12.1. The quantitative estimate of drug-likeness (QED) is 0.775. The van der Waals surface area contributed by atoms with E-state index in [2.05, 4.69) is 15.2 Å². The number of likely N-dealkylation sites (tertiary alicyclic amines) is 1. The van der Waals surface area contributed by atoms with Crippen LogP contribution in [0, 0.1) is 0 Å². The minimum absolute atomic E-state index is 0.0482. The number of rotatable bonds is 4. The molecule has 1 amide bonds. The molecule has 138 valence electrons. The Balaban J connectivity index is 1.59. The van der Waals surface area contributed by atoms with Gasteiger partial charge in [0.25, 0.3) is 11.5 Å². The Morgan fingerprint density at radius 3 is 2.44 bits per heavy atom. The Bertz CT molecular complexity index is 627. The van der Waals surface area contributed by atoms with E-state index >= 15 is 0 Å². The molecule has 6 heteroatoms. The Morgan fingerprint density at radius 1 is 1.12 bits per heavy atom. The van der Waals surface area contributed by atoms with Gasteiger partial charge in [0.2, 0.25) is 0 Å². The summed E-state index contributed by atoms with van der Waals surface area (Å²) in [6.45, 7) is 2.87. The van der Waals surface area contributed by atoms with Crippen LogP contribution in [0.5, 0.6) is 0 Å². The first-order valence-corrected chi connectivity index (χ1v) is 9.55. The van der Waals surface area contributed by atoms with Crippen LogP contribution in [0.15, 0.2) is 16.9 Å². The highest BCUT2D eigenvalue weighted by Crippen LogP contribution is 2.18. The fourth-order valence-electron chi connectivity index (χ4n) is 3.80. The fraction of sp³-hybridized carbons (Fsp3) is 0.684. The van der Waals surface area contributed by atoms with E-state index in [0.717, 1.165) is 38.2 Å². The van der Waals surface area contributed by atoms with Crippen molar-refractivity contribution in [1.29, 1.82) is 0 Å². The number of nitrogens with one attached hydrogen (secondary N) is 2. The van der Waals surface area contributed by atoms with Crippen molar-refractivity contribution in [3.05, 3.63) is 33.7 Å². The molecule has 3 rings (SSSR count). The number of pyridine rings is 1. The molecule has 0 spiro atoms. The summed E-state index contributed by atoms with van der Waals surface area (Å²) >= 11 is 0. The number of aliphatic hydroxyl groups is 1. The number of aliphatic hydroxyl groups excluding tert-OH is 1. The Hall–Kier alpha value is -1.66. The topological polar surface area (TPSA) is 85.4 Å². The fourth-order valence-corrected chi connectivity index (χ4v) is 3.80. The molecule has 0 radical (unpaired) electrons. The third-order valence-corrected chi connectivity index (χ3v) is 5.34. The highest BCUT2D eigenvalue weighted by Gasteiger charge is 2.22. The SMILES string of the molecule is O=C(NC1CCC(O)CC1)c1ccc(CN2CCCCCC2)[nH]c1=O. The standard InChI is InChI=1S/C19H29N3O3/c23-16-8-5-14(6-9-16)20-18(24)17-10-7-15(21-19(17)25)13-22-11-3-1-2-4-12-22/h7,10,14,16,23H,1-6,8-9,11-13H2,(H,20,24)(H,21,25). The molecule has 1 aliphatic heterocycles. The summed E-state index contributed by atoms with van der Waals surface area (Å²) in [5.74, 6) is -0.316. The van der Waals surface area contributed by atoms with Crippen molar-refractivity contribution in [2.45, 2.75) is 70.1 Å². The Kier molecular flexibility index (Phi) is 6.26. The van der Waals surface area contributed by atoms with E-state index in [0.29, 0.717) is 12.8 Å². The molecule has 1 saturated carbocycles. The van der Waals surface area contributed by atoms with Crippen molar-refractivity contribution in [1.82, 2.24) is 15.2 Å². The van der Waals surface area contributed by atoms with E-state index in [4.69, 9.17) is 0 Å². The predicted octanol–water partition coefficient (Wildman–Crippen LogP) is 1.78. The Labute approximate surface area is 148 Å². The number of nitrogens with zero attached hydrogens (tertiary/aromatic N) is 1. The van der Waals surface area contributed by atoms with Gasteiger partial charge in [0.05, 0.1) is 6.10 Å². The van der Waals surface area contributed by atoms with E-state index in [1.54, 1.807) is 6.07 Å². The molecule has 2 aliphatic rings. The monoisotopic (exact) mass is 347 g/mol. The highest BCUT2D eigenvalue weighted by molar-refractivity contribution is 5.94. The minimum Gasteiger partial charge on any atom is -0.393 e. The zero-order chi connectivity index (χ0) is 17.6. The van der Waals surface area contributed by atoms with Gasteiger partial charge in [-0.15, -0.1) is 0 Å². The third kappa shape index (κ3) is 5.16. The average molecular weight is 347 g/mol. The summed E-state index contributed by atoms with van der Waals surface area (Å²) in [5.41, 5.74) is 0.718. The van der Waals surface area contributed by atoms with Crippen LogP contribution in [0.2, 0.25) is 0 Å². The molecule has 0 atom stereocenters. The molecule has 1 aromatic heterocycles. The van der Waals surface area contributed by atoms with Gasteiger partial charge in [-0.3, -0.25) is 14.5 Å². The number of aromatic amines is 1. The van der Waals surface area contributed by atoms with Crippen molar-refractivity contribution >= 4 is 5.91 Å². The van der Waals surface area contributed by atoms with Crippen LogP contribution in [0.1, 0.15) is 67.4 Å². The molecular weight excluding hydrogens is 318 g/mol. The van der Waals surface area contributed by atoms with E-state index < -0.39 is 0 Å². The summed E-state index contributed by atoms with van der Waals surface area (Å²) in [7, 11) is 0. The number of aromatic nitrogens is 1. The zero-order valence-electron chi connectivity index (χ0n) is 14.8. The summed E-state index contributed by atoms with van der Waals surface area (Å²) in [4.78, 5) is 29.9. The minimum atomic E-state index is -0.319. The predicted molar refractivity (Wildman–Crippen MR) is 96.5 cm³/mol. The maximum atomic E-state index is 12.4. The molecule has 6 nitrogen and oxygen atoms in total. The van der Waals surface area contributed by atoms with Gasteiger partial charge in [-0.25, -0.2) is 0 Å². The Morgan fingerprint density at radius 2 is 1.80 bits per heavy atom. The lowest BCUT2D eigenvalue weighted by atomic mass is 9.93. The molecule has 25 heavy (non-hydrogen) atoms. The molecule has 1 aliphatic carbocycles. The smallest absolute Gasteiger partial charge is 0.261 e. The number of hydrogen-bond acceptors (Lipinski definition) is 4. The van der Waals surface area contributed by atoms with Crippen LogP contribution in [0.25, 0.3) is 0 Å². The van der Waals surface area contributed by atoms with Crippen LogP contribution in [-0.4, -0.2) is 46.1 Å². The largest absolute Gasteiger partial charge is 0.393 e. The molecule has 2 heterocycles. The van der Waals surface area contributed by atoms with Crippen LogP contribution < -0.4 is 10.9 Å². The van der Waals surface area contributed by atoms with E-state index in [-0.39, 0.29) is 29.2 Å². The highest BCUT2D eigenvalue weighted by atomic mass is 16.3. The molecule has 0 aromatic carbocycles. The van der Waals surface area contributed by atoms with Crippen molar-refractivity contribution < 1.29 is 9.90 Å². The second-order valence-electron chi connectivity index (χ2n) is 7.40. The number of carbonyl (C=O) groups is 1. The number of amides is 1. The number of carbonyl (C=O) groups excluding carboxylic acids is 1. The van der Waals surface area contributed by atoms with Gasteiger partial charge in [-0.2, -0.15) is 0 Å². The van der Waals surface area contributed by atoms with Gasteiger partial charge in [-0.05, 0) is 63.7 Å². The molecule has 0 unspecified atom stereocenters. The lowest BCUT2D eigenvalue weighted by Crippen LogP contribution is -2.40. The van der Waals surface area contributed by atoms with E-state index in [9.17, 15) is 14.7 Å². The molecule has 2 fully saturated rings. The zero-order valence-corrected chi connectivity index (χ0v) is 14.8. The van der Waals surface area contributed by atoms with Gasteiger partial charge in [0.15, 0.2) is 0 Å². The number of hydrogen-bond donors (Lipinski definition) is 3. The molecule has 3 N–H and O–H groups in total. The van der Waals surface area contributed by atoms with Crippen molar-refractivity contribution in [2.75, 3.05) is 13.1 Å². The van der Waals surface area contributed by atoms with Gasteiger partial charge >= 0.3 is 0 Å². The van der Waals surface area contributed by atoms with Crippen molar-refractivity contribution in [3.63, 3.8) is 0 Å². The van der Waals surface area contributed by atoms with Gasteiger partial charge in [0, 0.05) is 18.3 Å². The summed E-state index contributed by atoms with van der Waals surface area (Å²) in [5, 5.41) is 12.5. The molecule has 1 saturated heterocycles. The van der Waals surface area contributed by atoms with Crippen molar-refractivity contribution in [3.8, 4) is 0 Å².